The zero-order valence-corrected chi connectivity index (χ0v) is 16.5. The Kier molecular flexibility index (Phi) is 5.81. The minimum absolute atomic E-state index is 0.0338. The Morgan fingerprint density at radius 2 is 1.96 bits per heavy atom. The van der Waals surface area contributed by atoms with E-state index in [0.717, 1.165) is 24.6 Å². The number of thioether (sulfide) groups is 1. The molecule has 0 bridgehead atoms. The Balaban J connectivity index is 1.86. The number of allylic oxidation sites excluding steroid dienone is 1. The summed E-state index contributed by atoms with van der Waals surface area (Å²) >= 11 is 12.9. The summed E-state index contributed by atoms with van der Waals surface area (Å²) in [5.41, 5.74) is 0.0857. The second-order valence-corrected chi connectivity index (χ2v) is 8.37. The van der Waals surface area contributed by atoms with Crippen LogP contribution in [-0.2, 0) is 4.79 Å². The van der Waals surface area contributed by atoms with Crippen LogP contribution < -0.4 is 5.32 Å². The zero-order chi connectivity index (χ0) is 19.6. The minimum Gasteiger partial charge on any atom is -0.319 e. The third-order valence-corrected chi connectivity index (χ3v) is 6.84. The van der Waals surface area contributed by atoms with Crippen LogP contribution in [0.3, 0.4) is 0 Å². The lowest BCUT2D eigenvalue weighted by Gasteiger charge is -2.37. The van der Waals surface area contributed by atoms with Crippen molar-refractivity contribution in [3.8, 4) is 12.1 Å². The fourth-order valence-electron chi connectivity index (χ4n) is 3.76. The van der Waals surface area contributed by atoms with Crippen molar-refractivity contribution in [3.05, 3.63) is 44.4 Å². The normalized spacial score (nSPS) is 20.9. The van der Waals surface area contributed by atoms with Crippen molar-refractivity contribution in [1.29, 1.82) is 10.5 Å². The number of halogens is 2. The number of hydrogen-bond donors (Lipinski definition) is 1. The third-order valence-electron chi connectivity index (χ3n) is 5.10. The van der Waals surface area contributed by atoms with Gasteiger partial charge in [-0.15, -0.1) is 0 Å². The van der Waals surface area contributed by atoms with Crippen molar-refractivity contribution >= 4 is 46.7 Å². The topological polar surface area (TPSA) is 93.8 Å². The number of Topliss-reactive ketones (excluding diaryl/α,β-unsaturated/α-hetero) is 1. The Hall–Kier alpha value is -1.99. The molecule has 1 aliphatic heterocycles. The molecule has 1 fully saturated rings. The van der Waals surface area contributed by atoms with Crippen LogP contribution in [0.5, 0.6) is 0 Å². The molecule has 1 aromatic carbocycles. The van der Waals surface area contributed by atoms with Gasteiger partial charge in [-0.05, 0) is 31.0 Å². The summed E-state index contributed by atoms with van der Waals surface area (Å²) in [6, 6.07) is 8.90. The molecule has 0 aromatic heterocycles. The van der Waals surface area contributed by atoms with Crippen LogP contribution in [0.15, 0.2) is 28.8 Å². The van der Waals surface area contributed by atoms with E-state index in [0.29, 0.717) is 34.0 Å². The van der Waals surface area contributed by atoms with Gasteiger partial charge in [0.25, 0.3) is 0 Å². The van der Waals surface area contributed by atoms with Gasteiger partial charge in [0.05, 0.1) is 38.5 Å². The number of ketones is 1. The quantitative estimate of drug-likeness (QED) is 0.726. The van der Waals surface area contributed by atoms with Crippen LogP contribution in [0.4, 0.5) is 0 Å². The maximum absolute atomic E-state index is 12.5. The first-order valence-corrected chi connectivity index (χ1v) is 10.1. The van der Waals surface area contributed by atoms with Crippen LogP contribution in [0.2, 0.25) is 10.0 Å². The van der Waals surface area contributed by atoms with E-state index in [1.165, 1.54) is 6.07 Å². The van der Waals surface area contributed by atoms with Crippen LogP contribution in [0, 0.1) is 34.0 Å². The van der Waals surface area contributed by atoms with E-state index in [1.54, 1.807) is 12.1 Å². The molecule has 1 atom stereocenters. The van der Waals surface area contributed by atoms with E-state index in [9.17, 15) is 20.1 Å². The summed E-state index contributed by atoms with van der Waals surface area (Å²) in [5.74, 6) is -1.43. The van der Waals surface area contributed by atoms with Gasteiger partial charge in [0.15, 0.2) is 5.78 Å². The molecule has 5 nitrogen and oxygen atoms in total. The number of nitrogens with one attached hydrogen (secondary N) is 1. The fraction of sp³-hybridized carbons (Fsp3) is 0.368. The Morgan fingerprint density at radius 1 is 1.26 bits per heavy atom. The lowest BCUT2D eigenvalue weighted by Crippen LogP contribution is -2.46. The van der Waals surface area contributed by atoms with E-state index in [2.05, 4.69) is 17.5 Å². The maximum atomic E-state index is 12.5. The summed E-state index contributed by atoms with van der Waals surface area (Å²) in [6.07, 6.45) is 3.01. The number of hydrogen-bond acceptors (Lipinski definition) is 5. The van der Waals surface area contributed by atoms with Gasteiger partial charge in [-0.3, -0.25) is 9.59 Å². The molecule has 2 aliphatic rings. The summed E-state index contributed by atoms with van der Waals surface area (Å²) in [4.78, 5) is 24.9. The molecular weight excluding hydrogens is 405 g/mol. The summed E-state index contributed by atoms with van der Waals surface area (Å²) in [6.45, 7) is 0. The first kappa shape index (κ1) is 19.8. The Morgan fingerprint density at radius 3 is 2.56 bits per heavy atom. The number of amides is 1. The molecule has 1 saturated carbocycles. The summed E-state index contributed by atoms with van der Waals surface area (Å²) in [5, 5.41) is 22.9. The summed E-state index contributed by atoms with van der Waals surface area (Å²) in [7, 11) is 0. The highest BCUT2D eigenvalue weighted by Gasteiger charge is 2.52. The van der Waals surface area contributed by atoms with Crippen molar-refractivity contribution in [2.75, 3.05) is 5.75 Å². The number of rotatable bonds is 4. The Bertz CT molecular complexity index is 924. The molecule has 0 saturated heterocycles. The van der Waals surface area contributed by atoms with E-state index in [-0.39, 0.29) is 16.6 Å². The second-order valence-electron chi connectivity index (χ2n) is 6.57. The first-order chi connectivity index (χ1) is 12.9. The van der Waals surface area contributed by atoms with Gasteiger partial charge in [-0.1, -0.05) is 47.8 Å². The van der Waals surface area contributed by atoms with Gasteiger partial charge in [0.1, 0.15) is 5.92 Å². The SMILES string of the molecule is N#CC1=C(SCC(=O)c2ccc(Cl)c(Cl)c2)NC(=O)C(C#N)C12CCCC2. The number of nitriles is 2. The Labute approximate surface area is 171 Å². The number of carbonyl (C=O) groups is 2. The predicted molar refractivity (Wildman–Crippen MR) is 104 cm³/mol. The number of carbonyl (C=O) groups excluding carboxylic acids is 2. The summed E-state index contributed by atoms with van der Waals surface area (Å²) < 4.78 is 0. The molecule has 1 aliphatic carbocycles. The fourth-order valence-corrected chi connectivity index (χ4v) is 5.06. The van der Waals surface area contributed by atoms with Gasteiger partial charge in [0.2, 0.25) is 5.91 Å². The minimum atomic E-state index is -0.871. The van der Waals surface area contributed by atoms with Gasteiger partial charge in [-0.25, -0.2) is 0 Å². The highest BCUT2D eigenvalue weighted by atomic mass is 35.5. The van der Waals surface area contributed by atoms with Crippen LogP contribution in [0.1, 0.15) is 36.0 Å². The molecule has 8 heteroatoms. The van der Waals surface area contributed by atoms with Gasteiger partial charge < -0.3 is 5.32 Å². The molecular formula is C19H15Cl2N3O2S. The largest absolute Gasteiger partial charge is 0.319 e. The van der Waals surface area contributed by atoms with E-state index >= 15 is 0 Å². The molecule has 27 heavy (non-hydrogen) atoms. The van der Waals surface area contributed by atoms with Crippen molar-refractivity contribution in [1.82, 2.24) is 5.32 Å². The van der Waals surface area contributed by atoms with Crippen molar-refractivity contribution in [3.63, 3.8) is 0 Å². The third kappa shape index (κ3) is 3.58. The molecule has 1 unspecified atom stereocenters. The molecule has 1 amide bonds. The van der Waals surface area contributed by atoms with Crippen LogP contribution in [-0.4, -0.2) is 17.4 Å². The van der Waals surface area contributed by atoms with Gasteiger partial charge >= 0.3 is 0 Å². The number of benzene rings is 1. The molecule has 138 valence electrons. The smallest absolute Gasteiger partial charge is 0.243 e. The monoisotopic (exact) mass is 419 g/mol. The molecule has 1 spiro atoms. The van der Waals surface area contributed by atoms with E-state index < -0.39 is 17.2 Å². The maximum Gasteiger partial charge on any atom is 0.243 e. The average molecular weight is 420 g/mol. The standard InChI is InChI=1S/C19H15Cl2N3O2S/c20-14-4-3-11(7-15(14)21)16(25)10-27-18-13(9-23)19(5-1-2-6-19)12(8-22)17(26)24-18/h3-4,7,12H,1-2,5-6,10H2,(H,24,26). The zero-order valence-electron chi connectivity index (χ0n) is 14.2. The first-order valence-electron chi connectivity index (χ1n) is 8.39. The van der Waals surface area contributed by atoms with Gasteiger partial charge in [-0.2, -0.15) is 10.5 Å². The van der Waals surface area contributed by atoms with E-state index in [1.807, 2.05) is 0 Å². The molecule has 3 rings (SSSR count). The highest BCUT2D eigenvalue weighted by Crippen LogP contribution is 2.53. The lowest BCUT2D eigenvalue weighted by molar-refractivity contribution is -0.126. The van der Waals surface area contributed by atoms with Gasteiger partial charge in [0, 0.05) is 11.0 Å². The second kappa shape index (κ2) is 7.94. The van der Waals surface area contributed by atoms with Crippen molar-refractivity contribution < 1.29 is 9.59 Å². The average Bonchev–Trinajstić information content (AvgIpc) is 3.11. The van der Waals surface area contributed by atoms with E-state index in [4.69, 9.17) is 23.2 Å². The molecule has 1 heterocycles. The molecule has 1 aromatic rings. The number of nitrogens with zero attached hydrogens (tertiary/aromatic N) is 2. The predicted octanol–water partition coefficient (Wildman–Crippen LogP) is 4.47. The van der Waals surface area contributed by atoms with Crippen LogP contribution >= 0.6 is 35.0 Å². The highest BCUT2D eigenvalue weighted by molar-refractivity contribution is 8.03. The van der Waals surface area contributed by atoms with Crippen molar-refractivity contribution in [2.24, 2.45) is 11.3 Å². The molecule has 1 N–H and O–H groups in total. The van der Waals surface area contributed by atoms with Crippen LogP contribution in [0.25, 0.3) is 0 Å². The lowest BCUT2D eigenvalue weighted by atomic mass is 9.67. The molecule has 0 radical (unpaired) electrons. The van der Waals surface area contributed by atoms with Crippen molar-refractivity contribution in [2.45, 2.75) is 25.7 Å².